The van der Waals surface area contributed by atoms with Crippen LogP contribution < -0.4 is 4.72 Å². The summed E-state index contributed by atoms with van der Waals surface area (Å²) in [5.74, 6) is 0. The van der Waals surface area contributed by atoms with Gasteiger partial charge in [0.15, 0.2) is 0 Å². The van der Waals surface area contributed by atoms with Gasteiger partial charge in [-0.3, -0.25) is 0 Å². The summed E-state index contributed by atoms with van der Waals surface area (Å²) in [7, 11) is -3.42. The highest BCUT2D eigenvalue weighted by molar-refractivity contribution is 7.87. The molecule has 2 aromatic rings. The molecule has 0 radical (unpaired) electrons. The number of hydrogen-bond acceptors (Lipinski definition) is 3. The van der Waals surface area contributed by atoms with Crippen molar-refractivity contribution in [3.8, 4) is 5.69 Å². The molecule has 2 heterocycles. The molecule has 7 heteroatoms. The fourth-order valence-electron chi connectivity index (χ4n) is 3.94. The van der Waals surface area contributed by atoms with Crippen molar-refractivity contribution in [2.75, 3.05) is 13.1 Å². The van der Waals surface area contributed by atoms with Crippen molar-refractivity contribution in [3.63, 3.8) is 0 Å². The Balaban J connectivity index is 1.63. The lowest BCUT2D eigenvalue weighted by molar-refractivity contribution is 0.438. The van der Waals surface area contributed by atoms with Gasteiger partial charge < -0.3 is 0 Å². The fraction of sp³-hybridized carbons (Fsp3) is 0.526. The molecule has 1 aromatic heterocycles. The van der Waals surface area contributed by atoms with Crippen LogP contribution in [0.3, 0.4) is 0 Å². The molecule has 1 aliphatic carbocycles. The Morgan fingerprint density at radius 2 is 1.88 bits per heavy atom. The number of rotatable bonds is 4. The number of aromatic nitrogens is 2. The number of fused-ring (bicyclic) bond motifs is 1. The smallest absolute Gasteiger partial charge is 0.237 e. The van der Waals surface area contributed by atoms with E-state index in [0.717, 1.165) is 49.0 Å². The first-order chi connectivity index (χ1) is 12.5. The summed E-state index contributed by atoms with van der Waals surface area (Å²) in [6.45, 7) is 5.44. The first-order valence-corrected chi connectivity index (χ1v) is 10.8. The van der Waals surface area contributed by atoms with E-state index >= 15 is 0 Å². The average Bonchev–Trinajstić information content (AvgIpc) is 3.27. The van der Waals surface area contributed by atoms with E-state index in [1.807, 2.05) is 10.9 Å². The summed E-state index contributed by atoms with van der Waals surface area (Å²) in [6.07, 6.45) is 6.42. The van der Waals surface area contributed by atoms with Crippen molar-refractivity contribution in [3.05, 3.63) is 46.8 Å². The van der Waals surface area contributed by atoms with Crippen molar-refractivity contribution in [2.45, 2.75) is 52.0 Å². The SMILES string of the molecule is Cc1ccc(-n2ncc3c2CCC[C@H]3NS(=O)(=O)N2CCCC2)cc1C. The molecular formula is C19H26N4O2S. The molecule has 6 nitrogen and oxygen atoms in total. The number of benzene rings is 1. The number of aryl methyl sites for hydroxylation is 2. The zero-order valence-electron chi connectivity index (χ0n) is 15.4. The molecular weight excluding hydrogens is 348 g/mol. The number of hydrogen-bond donors (Lipinski definition) is 1. The highest BCUT2D eigenvalue weighted by atomic mass is 32.2. The molecule has 1 aromatic carbocycles. The minimum absolute atomic E-state index is 0.190. The summed E-state index contributed by atoms with van der Waals surface area (Å²) in [5.41, 5.74) is 5.66. The summed E-state index contributed by atoms with van der Waals surface area (Å²) in [4.78, 5) is 0. The van der Waals surface area contributed by atoms with Crippen LogP contribution in [0.1, 0.15) is 54.1 Å². The maximum Gasteiger partial charge on any atom is 0.280 e. The van der Waals surface area contributed by atoms with E-state index in [2.05, 4.69) is 41.9 Å². The van der Waals surface area contributed by atoms with E-state index < -0.39 is 10.2 Å². The van der Waals surface area contributed by atoms with Gasteiger partial charge in [-0.05, 0) is 69.2 Å². The lowest BCUT2D eigenvalue weighted by Gasteiger charge is -2.26. The molecule has 1 aliphatic heterocycles. The minimum atomic E-state index is -3.42. The minimum Gasteiger partial charge on any atom is -0.237 e. The second-order valence-electron chi connectivity index (χ2n) is 7.40. The Morgan fingerprint density at radius 1 is 1.12 bits per heavy atom. The van der Waals surface area contributed by atoms with Crippen LogP contribution >= 0.6 is 0 Å². The Bertz CT molecular complexity index is 914. The van der Waals surface area contributed by atoms with Crippen LogP contribution in [0.2, 0.25) is 0 Å². The van der Waals surface area contributed by atoms with Crippen molar-refractivity contribution in [2.24, 2.45) is 0 Å². The number of nitrogens with one attached hydrogen (secondary N) is 1. The normalized spacial score (nSPS) is 21.1. The Labute approximate surface area is 155 Å². The van der Waals surface area contributed by atoms with Gasteiger partial charge in [-0.15, -0.1) is 0 Å². The predicted molar refractivity (Wildman–Crippen MR) is 102 cm³/mol. The largest absolute Gasteiger partial charge is 0.280 e. The highest BCUT2D eigenvalue weighted by Gasteiger charge is 2.32. The van der Waals surface area contributed by atoms with Crippen molar-refractivity contribution in [1.29, 1.82) is 0 Å². The first-order valence-electron chi connectivity index (χ1n) is 9.37. The van der Waals surface area contributed by atoms with E-state index in [-0.39, 0.29) is 6.04 Å². The van der Waals surface area contributed by atoms with Crippen molar-refractivity contribution < 1.29 is 8.42 Å². The van der Waals surface area contributed by atoms with Crippen LogP contribution in [0.15, 0.2) is 24.4 Å². The van der Waals surface area contributed by atoms with Crippen LogP contribution in [-0.4, -0.2) is 35.6 Å². The zero-order chi connectivity index (χ0) is 18.3. The van der Waals surface area contributed by atoms with Crippen molar-refractivity contribution >= 4 is 10.2 Å². The third-order valence-electron chi connectivity index (χ3n) is 5.61. The molecule has 4 rings (SSSR count). The molecule has 2 aliphatic rings. The monoisotopic (exact) mass is 374 g/mol. The molecule has 26 heavy (non-hydrogen) atoms. The van der Waals surface area contributed by atoms with Crippen LogP contribution in [0.25, 0.3) is 5.69 Å². The Kier molecular flexibility index (Phi) is 4.62. The third-order valence-corrected chi connectivity index (χ3v) is 7.24. The van der Waals surface area contributed by atoms with Gasteiger partial charge in [0, 0.05) is 24.3 Å². The van der Waals surface area contributed by atoms with E-state index in [9.17, 15) is 8.42 Å². The molecule has 0 unspecified atom stereocenters. The summed E-state index contributed by atoms with van der Waals surface area (Å²) < 4.78 is 31.8. The van der Waals surface area contributed by atoms with E-state index in [1.165, 1.54) is 11.1 Å². The van der Waals surface area contributed by atoms with Crippen molar-refractivity contribution in [1.82, 2.24) is 18.8 Å². The van der Waals surface area contributed by atoms with Crippen LogP contribution in [0, 0.1) is 13.8 Å². The van der Waals surface area contributed by atoms with Crippen LogP contribution in [0.5, 0.6) is 0 Å². The van der Waals surface area contributed by atoms with Gasteiger partial charge in [0.1, 0.15) is 0 Å². The van der Waals surface area contributed by atoms with Gasteiger partial charge in [0.2, 0.25) is 0 Å². The third kappa shape index (κ3) is 3.19. The van der Waals surface area contributed by atoms with Gasteiger partial charge >= 0.3 is 0 Å². The molecule has 0 spiro atoms. The molecule has 0 saturated carbocycles. The maximum absolute atomic E-state index is 12.7. The molecule has 1 saturated heterocycles. The molecule has 1 atom stereocenters. The topological polar surface area (TPSA) is 67.2 Å². The Morgan fingerprint density at radius 3 is 2.62 bits per heavy atom. The molecule has 1 fully saturated rings. The summed E-state index contributed by atoms with van der Waals surface area (Å²) in [5, 5.41) is 4.58. The van der Waals surface area contributed by atoms with E-state index in [0.29, 0.717) is 13.1 Å². The highest BCUT2D eigenvalue weighted by Crippen LogP contribution is 2.32. The lowest BCUT2D eigenvalue weighted by atomic mass is 9.93. The quantitative estimate of drug-likeness (QED) is 0.895. The Hall–Kier alpha value is -1.70. The predicted octanol–water partition coefficient (Wildman–Crippen LogP) is 2.80. The molecule has 1 N–H and O–H groups in total. The van der Waals surface area contributed by atoms with E-state index in [4.69, 9.17) is 0 Å². The average molecular weight is 375 g/mol. The first kappa shape index (κ1) is 17.7. The fourth-order valence-corrected chi connectivity index (χ4v) is 5.43. The second-order valence-corrected chi connectivity index (χ2v) is 9.10. The van der Waals surface area contributed by atoms with Gasteiger partial charge in [-0.2, -0.15) is 22.5 Å². The molecule has 0 amide bonds. The van der Waals surface area contributed by atoms with Gasteiger partial charge in [0.05, 0.1) is 17.9 Å². The van der Waals surface area contributed by atoms with Gasteiger partial charge in [-0.1, -0.05) is 6.07 Å². The van der Waals surface area contributed by atoms with Crippen LogP contribution in [0.4, 0.5) is 0 Å². The number of nitrogens with zero attached hydrogens (tertiary/aromatic N) is 3. The zero-order valence-corrected chi connectivity index (χ0v) is 16.2. The second kappa shape index (κ2) is 6.79. The summed E-state index contributed by atoms with van der Waals surface area (Å²) in [6, 6.07) is 6.13. The standard InChI is InChI=1S/C19H26N4O2S/c1-14-8-9-16(12-15(14)2)23-19-7-5-6-18(17(19)13-20-23)21-26(24,25)22-10-3-4-11-22/h8-9,12-13,18,21H,3-7,10-11H2,1-2H3/t18-/m1/s1. The summed E-state index contributed by atoms with van der Waals surface area (Å²) >= 11 is 0. The molecule has 140 valence electrons. The lowest BCUT2D eigenvalue weighted by Crippen LogP contribution is -2.41. The maximum atomic E-state index is 12.7. The van der Waals surface area contributed by atoms with Gasteiger partial charge in [-0.25, -0.2) is 4.68 Å². The van der Waals surface area contributed by atoms with Crippen LogP contribution in [-0.2, 0) is 16.6 Å². The van der Waals surface area contributed by atoms with Gasteiger partial charge in [0.25, 0.3) is 10.2 Å². The van der Waals surface area contributed by atoms with E-state index in [1.54, 1.807) is 4.31 Å². The molecule has 0 bridgehead atoms.